The number of hydrogen-bond acceptors (Lipinski definition) is 3. The van der Waals surface area contributed by atoms with Gasteiger partial charge in [0.05, 0.1) is 0 Å². The fraction of sp³-hybridized carbons (Fsp3) is 0.286. The highest BCUT2D eigenvalue weighted by Crippen LogP contribution is 2.36. The summed E-state index contributed by atoms with van der Waals surface area (Å²) >= 11 is 4.98. The van der Waals surface area contributed by atoms with E-state index in [1.807, 2.05) is 36.4 Å². The SMILES string of the molecule is CC1(C2=CCC(c3ccccc3)O2)NC(=S)NC1=O. The Kier molecular flexibility index (Phi) is 2.78. The number of hydrogen-bond donors (Lipinski definition) is 2. The molecular weight excluding hydrogens is 260 g/mol. The summed E-state index contributed by atoms with van der Waals surface area (Å²) in [5.41, 5.74) is 0.221. The minimum atomic E-state index is -0.888. The van der Waals surface area contributed by atoms with Gasteiger partial charge in [-0.15, -0.1) is 0 Å². The van der Waals surface area contributed by atoms with Crippen molar-refractivity contribution in [3.05, 3.63) is 47.7 Å². The van der Waals surface area contributed by atoms with Crippen molar-refractivity contribution in [1.82, 2.24) is 10.6 Å². The van der Waals surface area contributed by atoms with Gasteiger partial charge in [0, 0.05) is 6.42 Å². The van der Waals surface area contributed by atoms with Crippen LogP contribution in [0.1, 0.15) is 25.0 Å². The van der Waals surface area contributed by atoms with E-state index in [0.29, 0.717) is 10.9 Å². The van der Waals surface area contributed by atoms with E-state index in [4.69, 9.17) is 17.0 Å². The van der Waals surface area contributed by atoms with Gasteiger partial charge in [-0.1, -0.05) is 30.3 Å². The lowest BCUT2D eigenvalue weighted by Gasteiger charge is -2.24. The molecule has 1 aromatic rings. The monoisotopic (exact) mass is 274 g/mol. The van der Waals surface area contributed by atoms with Gasteiger partial charge in [0.1, 0.15) is 11.9 Å². The fourth-order valence-corrected chi connectivity index (χ4v) is 2.67. The predicted molar refractivity (Wildman–Crippen MR) is 75.2 cm³/mol. The van der Waals surface area contributed by atoms with Gasteiger partial charge in [-0.05, 0) is 30.8 Å². The largest absolute Gasteiger partial charge is 0.487 e. The molecule has 5 heteroatoms. The molecule has 0 spiro atoms. The van der Waals surface area contributed by atoms with E-state index in [0.717, 1.165) is 12.0 Å². The fourth-order valence-electron chi connectivity index (χ4n) is 2.37. The molecule has 0 saturated carbocycles. The topological polar surface area (TPSA) is 50.4 Å². The Bertz CT molecular complexity index is 570. The summed E-state index contributed by atoms with van der Waals surface area (Å²) in [6, 6.07) is 9.98. The first-order valence-electron chi connectivity index (χ1n) is 6.15. The third kappa shape index (κ3) is 2.00. The predicted octanol–water partition coefficient (Wildman–Crippen LogP) is 1.79. The van der Waals surface area contributed by atoms with Crippen molar-refractivity contribution in [3.63, 3.8) is 0 Å². The highest BCUT2D eigenvalue weighted by molar-refractivity contribution is 7.80. The molecule has 98 valence electrons. The lowest BCUT2D eigenvalue weighted by Crippen LogP contribution is -2.45. The van der Waals surface area contributed by atoms with Crippen molar-refractivity contribution in [3.8, 4) is 0 Å². The second-order valence-corrected chi connectivity index (χ2v) is 5.26. The maximum atomic E-state index is 12.0. The van der Waals surface area contributed by atoms with Crippen molar-refractivity contribution < 1.29 is 9.53 Å². The quantitative estimate of drug-likeness (QED) is 0.807. The maximum absolute atomic E-state index is 12.0. The van der Waals surface area contributed by atoms with Gasteiger partial charge >= 0.3 is 0 Å². The number of carbonyl (C=O) groups excluding carboxylic acids is 1. The summed E-state index contributed by atoms with van der Waals surface area (Å²) < 4.78 is 5.93. The minimum Gasteiger partial charge on any atom is -0.487 e. The maximum Gasteiger partial charge on any atom is 0.259 e. The first-order chi connectivity index (χ1) is 9.09. The number of ether oxygens (including phenoxy) is 1. The minimum absolute atomic E-state index is 0.0307. The molecule has 0 radical (unpaired) electrons. The van der Waals surface area contributed by atoms with Gasteiger partial charge in [-0.25, -0.2) is 0 Å². The second kappa shape index (κ2) is 4.35. The first kappa shape index (κ1) is 12.2. The van der Waals surface area contributed by atoms with Crippen LogP contribution >= 0.6 is 12.2 Å². The van der Waals surface area contributed by atoms with E-state index < -0.39 is 5.54 Å². The molecule has 1 saturated heterocycles. The molecule has 2 aliphatic heterocycles. The van der Waals surface area contributed by atoms with Crippen LogP contribution in [0.15, 0.2) is 42.2 Å². The molecule has 0 bridgehead atoms. The van der Waals surface area contributed by atoms with Crippen LogP contribution in [-0.2, 0) is 9.53 Å². The van der Waals surface area contributed by atoms with Gasteiger partial charge in [0.15, 0.2) is 10.7 Å². The molecule has 2 unspecified atom stereocenters. The Balaban J connectivity index is 1.79. The number of nitrogens with one attached hydrogen (secondary N) is 2. The van der Waals surface area contributed by atoms with E-state index in [1.54, 1.807) is 6.92 Å². The Hall–Kier alpha value is -1.88. The summed E-state index contributed by atoms with van der Waals surface area (Å²) in [7, 11) is 0. The molecule has 3 rings (SSSR count). The van der Waals surface area contributed by atoms with E-state index in [-0.39, 0.29) is 12.0 Å². The third-order valence-corrected chi connectivity index (χ3v) is 3.70. The van der Waals surface area contributed by atoms with Gasteiger partial charge in [-0.2, -0.15) is 0 Å². The number of benzene rings is 1. The third-order valence-electron chi connectivity index (χ3n) is 3.50. The van der Waals surface area contributed by atoms with Crippen LogP contribution in [0.5, 0.6) is 0 Å². The van der Waals surface area contributed by atoms with Crippen LogP contribution in [0.25, 0.3) is 0 Å². The number of thiocarbonyl (C=S) groups is 1. The van der Waals surface area contributed by atoms with E-state index >= 15 is 0 Å². The van der Waals surface area contributed by atoms with Crippen LogP contribution in [0, 0.1) is 0 Å². The number of rotatable bonds is 2. The number of amides is 1. The Morgan fingerprint density at radius 1 is 1.37 bits per heavy atom. The zero-order valence-corrected chi connectivity index (χ0v) is 11.3. The van der Waals surface area contributed by atoms with Crippen molar-refractivity contribution in [2.45, 2.75) is 25.0 Å². The molecular formula is C14H14N2O2S. The Labute approximate surface area is 116 Å². The molecule has 1 aromatic carbocycles. The smallest absolute Gasteiger partial charge is 0.259 e. The number of carbonyl (C=O) groups is 1. The summed E-state index contributed by atoms with van der Waals surface area (Å²) in [6.07, 6.45) is 2.69. The molecule has 2 atom stereocenters. The van der Waals surface area contributed by atoms with E-state index in [1.165, 1.54) is 0 Å². The van der Waals surface area contributed by atoms with E-state index in [9.17, 15) is 4.79 Å². The van der Waals surface area contributed by atoms with Crippen LogP contribution in [0.4, 0.5) is 0 Å². The zero-order chi connectivity index (χ0) is 13.5. The molecule has 1 amide bonds. The van der Waals surface area contributed by atoms with Crippen LogP contribution in [-0.4, -0.2) is 16.6 Å². The molecule has 2 heterocycles. The van der Waals surface area contributed by atoms with Crippen LogP contribution < -0.4 is 10.6 Å². The van der Waals surface area contributed by atoms with E-state index in [2.05, 4.69) is 10.6 Å². The lowest BCUT2D eigenvalue weighted by atomic mass is 10.00. The van der Waals surface area contributed by atoms with Gasteiger partial charge in [0.2, 0.25) is 0 Å². The van der Waals surface area contributed by atoms with Crippen LogP contribution in [0.2, 0.25) is 0 Å². The average Bonchev–Trinajstić information content (AvgIpc) is 2.97. The first-order valence-corrected chi connectivity index (χ1v) is 6.56. The summed E-state index contributed by atoms with van der Waals surface area (Å²) in [6.45, 7) is 1.78. The molecule has 4 nitrogen and oxygen atoms in total. The summed E-state index contributed by atoms with van der Waals surface area (Å²) in [5, 5.41) is 5.92. The molecule has 2 N–H and O–H groups in total. The summed E-state index contributed by atoms with van der Waals surface area (Å²) in [4.78, 5) is 12.0. The van der Waals surface area contributed by atoms with Gasteiger partial charge in [0.25, 0.3) is 5.91 Å². The molecule has 19 heavy (non-hydrogen) atoms. The van der Waals surface area contributed by atoms with Crippen LogP contribution in [0.3, 0.4) is 0 Å². The molecule has 0 aromatic heterocycles. The summed E-state index contributed by atoms with van der Waals surface area (Å²) in [5.74, 6) is 0.469. The molecule has 0 aliphatic carbocycles. The van der Waals surface area contributed by atoms with Gasteiger partial charge in [-0.3, -0.25) is 4.79 Å². The lowest BCUT2D eigenvalue weighted by molar-refractivity contribution is -0.123. The van der Waals surface area contributed by atoms with Crippen molar-refractivity contribution in [1.29, 1.82) is 0 Å². The molecule has 2 aliphatic rings. The Morgan fingerprint density at radius 3 is 2.74 bits per heavy atom. The van der Waals surface area contributed by atoms with Crippen molar-refractivity contribution >= 4 is 23.2 Å². The highest BCUT2D eigenvalue weighted by Gasteiger charge is 2.47. The molecule has 1 fully saturated rings. The average molecular weight is 274 g/mol. The zero-order valence-electron chi connectivity index (χ0n) is 10.5. The Morgan fingerprint density at radius 2 is 2.11 bits per heavy atom. The standard InChI is InChI=1S/C14H14N2O2S/c1-14(12(17)15-13(19)16-14)11-8-7-10(18-11)9-5-3-2-4-6-9/h2-6,8,10H,7H2,1H3,(H2,15,16,17,19). The highest BCUT2D eigenvalue weighted by atomic mass is 32.1. The van der Waals surface area contributed by atoms with Crippen molar-refractivity contribution in [2.24, 2.45) is 0 Å². The second-order valence-electron chi connectivity index (χ2n) is 4.85. The normalized spacial score (nSPS) is 29.5. The van der Waals surface area contributed by atoms with Crippen molar-refractivity contribution in [2.75, 3.05) is 0 Å². The van der Waals surface area contributed by atoms with Gasteiger partial charge < -0.3 is 15.4 Å².